The van der Waals surface area contributed by atoms with Gasteiger partial charge in [-0.15, -0.1) is 0 Å². The Morgan fingerprint density at radius 1 is 0.897 bits per heavy atom. The van der Waals surface area contributed by atoms with Crippen molar-refractivity contribution in [3.63, 3.8) is 0 Å². The number of aryl methyl sites for hydroxylation is 1. The summed E-state index contributed by atoms with van der Waals surface area (Å²) >= 11 is 0. The van der Waals surface area contributed by atoms with E-state index in [0.29, 0.717) is 23.7 Å². The molecule has 1 unspecified atom stereocenters. The van der Waals surface area contributed by atoms with Gasteiger partial charge in [-0.2, -0.15) is 0 Å². The third-order valence-electron chi connectivity index (χ3n) is 4.35. The van der Waals surface area contributed by atoms with E-state index in [0.717, 1.165) is 22.2 Å². The molecule has 4 nitrogen and oxygen atoms in total. The number of carbonyl (C=O) groups is 1. The summed E-state index contributed by atoms with van der Waals surface area (Å²) < 4.78 is 16.6. The normalized spacial score (nSPS) is 10.4. The summed E-state index contributed by atoms with van der Waals surface area (Å²) in [6, 6.07) is 21.2. The monoisotopic (exact) mass is 402 g/mol. The van der Waals surface area contributed by atoms with Crippen molar-refractivity contribution in [3.05, 3.63) is 83.4 Å². The van der Waals surface area contributed by atoms with Crippen LogP contribution in [0, 0.1) is 6.92 Å². The minimum absolute atomic E-state index is 0. The molecule has 3 aromatic rings. The molecule has 0 aliphatic carbocycles. The van der Waals surface area contributed by atoms with E-state index >= 15 is 0 Å². The topological polar surface area (TPSA) is 44.8 Å². The average molecular weight is 402 g/mol. The summed E-state index contributed by atoms with van der Waals surface area (Å²) in [6.45, 7) is 2.50. The van der Waals surface area contributed by atoms with Crippen molar-refractivity contribution in [1.29, 1.82) is 0 Å². The van der Waals surface area contributed by atoms with Crippen LogP contribution in [0.2, 0.25) is 0 Å². The molecule has 0 saturated carbocycles. The zero-order valence-electron chi connectivity index (χ0n) is 16.2. The molecule has 0 aromatic heterocycles. The molecule has 0 heterocycles. The van der Waals surface area contributed by atoms with Crippen LogP contribution < -0.4 is 19.5 Å². The van der Waals surface area contributed by atoms with Crippen LogP contribution in [0.5, 0.6) is 17.2 Å². The van der Waals surface area contributed by atoms with Crippen molar-refractivity contribution in [1.82, 2.24) is 0 Å². The maximum atomic E-state index is 12.9. The van der Waals surface area contributed by atoms with Crippen molar-refractivity contribution in [3.8, 4) is 17.2 Å². The fraction of sp³-hybridized carbons (Fsp3) is 0.174. The number of benzene rings is 3. The van der Waals surface area contributed by atoms with Crippen molar-refractivity contribution in [2.45, 2.75) is 13.5 Å². The van der Waals surface area contributed by atoms with Crippen molar-refractivity contribution in [2.24, 2.45) is 0 Å². The van der Waals surface area contributed by atoms with Gasteiger partial charge in [0.1, 0.15) is 29.4 Å². The molecule has 3 aromatic carbocycles. The van der Waals surface area contributed by atoms with Crippen LogP contribution in [0.15, 0.2) is 66.7 Å². The average Bonchev–Trinajstić information content (AvgIpc) is 2.74. The number of hydrogen-bond donors (Lipinski definition) is 0. The molecule has 0 spiro atoms. The summed E-state index contributed by atoms with van der Waals surface area (Å²) in [4.78, 5) is 12.9. The fourth-order valence-corrected chi connectivity index (χ4v) is 3.92. The number of rotatable bonds is 8. The molecular weight excluding hydrogens is 378 g/mol. The van der Waals surface area contributed by atoms with Gasteiger partial charge in [0.25, 0.3) is 0 Å². The van der Waals surface area contributed by atoms with Gasteiger partial charge in [-0.25, -0.2) is 0 Å². The molecule has 0 fully saturated rings. The van der Waals surface area contributed by atoms with Gasteiger partial charge >= 0.3 is 18.9 Å². The van der Waals surface area contributed by atoms with E-state index in [2.05, 4.69) is 0 Å². The van der Waals surface area contributed by atoms with E-state index in [4.69, 9.17) is 14.2 Å². The molecule has 0 bridgehead atoms. The Morgan fingerprint density at radius 2 is 1.55 bits per heavy atom. The van der Waals surface area contributed by atoms with Crippen LogP contribution in [0.3, 0.4) is 0 Å². The summed E-state index contributed by atoms with van der Waals surface area (Å²) in [5.41, 5.74) is 2.60. The molecule has 0 saturated heterocycles. The van der Waals surface area contributed by atoms with E-state index < -0.39 is 0 Å². The van der Waals surface area contributed by atoms with Crippen LogP contribution in [0.4, 0.5) is 0 Å². The van der Waals surface area contributed by atoms with Crippen molar-refractivity contribution in [2.75, 3.05) is 14.2 Å². The van der Waals surface area contributed by atoms with E-state index in [-0.39, 0.29) is 33.0 Å². The summed E-state index contributed by atoms with van der Waals surface area (Å²) in [6.07, 6.45) is 0. The standard InChI is InChI=1S/C23H23O4P.Li.H/c1-16-14-18(27-15-17-8-5-4-6-9-17)12-13-21(16)28-23(24)22-19(25-2)10-7-11-20(22)26-3;;/h4-14,28H,15H2,1-3H3;;. The zero-order valence-corrected chi connectivity index (χ0v) is 17.2. The molecule has 0 aliphatic rings. The SMILES string of the molecule is COc1cccc(OC)c1C(=O)Pc1ccc(OCc2ccccc2)cc1C.[LiH]. The Morgan fingerprint density at radius 3 is 2.14 bits per heavy atom. The second kappa shape index (κ2) is 11.1. The Kier molecular flexibility index (Phi) is 8.80. The predicted octanol–water partition coefficient (Wildman–Crippen LogP) is 4.09. The molecule has 6 heteroatoms. The third-order valence-corrected chi connectivity index (χ3v) is 5.66. The number of hydrogen-bond acceptors (Lipinski definition) is 4. The van der Waals surface area contributed by atoms with Gasteiger partial charge in [-0.05, 0) is 56.2 Å². The first-order valence-electron chi connectivity index (χ1n) is 8.92. The fourth-order valence-electron chi connectivity index (χ4n) is 2.87. The van der Waals surface area contributed by atoms with Gasteiger partial charge in [0.2, 0.25) is 0 Å². The number of ether oxygens (including phenoxy) is 3. The van der Waals surface area contributed by atoms with Gasteiger partial charge in [-0.1, -0.05) is 42.5 Å². The summed E-state index contributed by atoms with van der Waals surface area (Å²) in [7, 11) is 3.08. The van der Waals surface area contributed by atoms with Crippen LogP contribution in [-0.2, 0) is 6.61 Å². The molecule has 1 atom stereocenters. The Hall–Kier alpha value is -2.24. The van der Waals surface area contributed by atoms with E-state index in [1.54, 1.807) is 26.4 Å². The van der Waals surface area contributed by atoms with E-state index in [1.807, 2.05) is 61.5 Å². The predicted molar refractivity (Wildman–Crippen MR) is 121 cm³/mol. The van der Waals surface area contributed by atoms with Crippen molar-refractivity contribution >= 4 is 38.3 Å². The Balaban J connectivity index is 0.00000300. The first-order valence-corrected chi connectivity index (χ1v) is 9.92. The molecule has 0 aliphatic heterocycles. The van der Waals surface area contributed by atoms with Gasteiger partial charge in [0, 0.05) is 0 Å². The maximum absolute atomic E-state index is 12.9. The molecular formula is C23H24LiO4P. The first-order chi connectivity index (χ1) is 13.6. The van der Waals surface area contributed by atoms with Gasteiger partial charge < -0.3 is 14.2 Å². The Labute approximate surface area is 185 Å². The Bertz CT molecular complexity index is 938. The number of carbonyl (C=O) groups excluding carboxylic acids is 1. The molecule has 29 heavy (non-hydrogen) atoms. The molecule has 0 radical (unpaired) electrons. The molecule has 0 N–H and O–H groups in total. The van der Waals surface area contributed by atoms with E-state index in [1.165, 1.54) is 0 Å². The van der Waals surface area contributed by atoms with Crippen LogP contribution >= 0.6 is 8.58 Å². The quantitative estimate of drug-likeness (QED) is 0.421. The van der Waals surface area contributed by atoms with Crippen LogP contribution in [0.1, 0.15) is 21.5 Å². The second-order valence-electron chi connectivity index (χ2n) is 6.24. The van der Waals surface area contributed by atoms with Gasteiger partial charge in [-0.3, -0.25) is 4.79 Å². The van der Waals surface area contributed by atoms with Crippen LogP contribution in [0.25, 0.3) is 0 Å². The van der Waals surface area contributed by atoms with Gasteiger partial charge in [0.15, 0.2) is 5.52 Å². The minimum atomic E-state index is -0.0298. The molecule has 3 rings (SSSR count). The third kappa shape index (κ3) is 5.87. The second-order valence-corrected chi connectivity index (χ2v) is 7.49. The first kappa shape index (κ1) is 23.0. The van der Waals surface area contributed by atoms with Gasteiger partial charge in [0.05, 0.1) is 14.2 Å². The number of methoxy groups -OCH3 is 2. The molecule has 0 amide bonds. The summed E-state index contributed by atoms with van der Waals surface area (Å²) in [5, 5.41) is 0.977. The van der Waals surface area contributed by atoms with Crippen LogP contribution in [-0.4, -0.2) is 38.6 Å². The summed E-state index contributed by atoms with van der Waals surface area (Å²) in [5.74, 6) is 1.84. The molecule has 146 valence electrons. The zero-order chi connectivity index (χ0) is 19.9. The van der Waals surface area contributed by atoms with Crippen molar-refractivity contribution < 1.29 is 19.0 Å². The van der Waals surface area contributed by atoms with E-state index in [9.17, 15) is 4.79 Å².